The Hall–Kier alpha value is -4.88. The Balaban J connectivity index is 0.945. The van der Waals surface area contributed by atoms with Gasteiger partial charge in [-0.25, -0.2) is 0 Å². The number of carbonyl (C=O) groups excluding carboxylic acids is 2. The Bertz CT molecular complexity index is 1680. The Morgan fingerprint density at radius 3 is 0.918 bits per heavy atom. The van der Waals surface area contributed by atoms with Crippen LogP contribution in [-0.2, 0) is 32.3 Å². The van der Waals surface area contributed by atoms with Crippen LogP contribution >= 0.6 is 15.8 Å². The average Bonchev–Trinajstić information content (AvgIpc) is 3.16. The van der Waals surface area contributed by atoms with Crippen molar-refractivity contribution in [3.05, 3.63) is 181 Å². The number of esters is 2. The fourth-order valence-corrected chi connectivity index (χ4v) is 10.1. The molecule has 6 aromatic carbocycles. The molecule has 0 heterocycles. The van der Waals surface area contributed by atoms with E-state index in [0.29, 0.717) is 6.42 Å². The fraction of sp³-hybridized carbons (Fsp3) is 0.116. The van der Waals surface area contributed by atoms with Gasteiger partial charge in [0.05, 0.1) is 0 Å². The molecule has 6 aromatic rings. The minimum absolute atomic E-state index is 0.164. The molecule has 0 atom stereocenters. The van der Waals surface area contributed by atoms with Crippen molar-refractivity contribution in [1.82, 2.24) is 0 Å². The maximum atomic E-state index is 12.4. The number of hydrogen-bond acceptors (Lipinski definition) is 4. The van der Waals surface area contributed by atoms with Gasteiger partial charge in [-0.05, 0) is 65.2 Å². The number of rotatable bonds is 14. The lowest BCUT2D eigenvalue weighted by molar-refractivity contribution is -0.146. The molecule has 0 N–H and O–H groups in total. The molecule has 0 aliphatic carbocycles. The van der Waals surface area contributed by atoms with Crippen LogP contribution in [0.3, 0.4) is 0 Å². The van der Waals surface area contributed by atoms with Crippen LogP contribution < -0.4 is 31.8 Å². The van der Waals surface area contributed by atoms with Gasteiger partial charge in [0.15, 0.2) is 0 Å². The highest BCUT2D eigenvalue weighted by atomic mass is 31.1. The van der Waals surface area contributed by atoms with Crippen molar-refractivity contribution in [2.75, 3.05) is 0 Å². The van der Waals surface area contributed by atoms with E-state index in [1.165, 1.54) is 31.8 Å². The van der Waals surface area contributed by atoms with Gasteiger partial charge in [-0.1, -0.05) is 170 Å². The highest BCUT2D eigenvalue weighted by Crippen LogP contribution is 2.33. The van der Waals surface area contributed by atoms with Crippen LogP contribution in [0.15, 0.2) is 170 Å². The SMILES string of the molecule is O=C(CCCC(=O)OCc1ccc(P(c2ccccc2)c2ccccc2)cc1)OCc1ccc(P(c2ccccc2)c2ccccc2)cc1. The molecule has 0 saturated carbocycles. The molecule has 0 aromatic heterocycles. The van der Waals surface area contributed by atoms with Crippen molar-refractivity contribution in [3.63, 3.8) is 0 Å². The lowest BCUT2D eigenvalue weighted by Crippen LogP contribution is -2.20. The lowest BCUT2D eigenvalue weighted by Gasteiger charge is -2.19. The minimum atomic E-state index is -0.686. The number of benzene rings is 6. The number of carbonyl (C=O) groups is 2. The first-order valence-electron chi connectivity index (χ1n) is 16.4. The van der Waals surface area contributed by atoms with E-state index in [1.807, 2.05) is 48.5 Å². The first kappa shape index (κ1) is 34.0. The van der Waals surface area contributed by atoms with E-state index in [-0.39, 0.29) is 38.0 Å². The molecule has 0 saturated heterocycles. The molecule has 244 valence electrons. The molecular formula is C43H38O4P2. The van der Waals surface area contributed by atoms with Crippen LogP contribution in [0.25, 0.3) is 0 Å². The van der Waals surface area contributed by atoms with E-state index in [0.717, 1.165) is 11.1 Å². The summed E-state index contributed by atoms with van der Waals surface area (Å²) in [6, 6.07) is 58.8. The molecule has 0 radical (unpaired) electrons. The summed E-state index contributed by atoms with van der Waals surface area (Å²) in [5.41, 5.74) is 1.86. The van der Waals surface area contributed by atoms with Crippen molar-refractivity contribution < 1.29 is 19.1 Å². The molecule has 0 unspecified atom stereocenters. The molecule has 4 nitrogen and oxygen atoms in total. The highest BCUT2D eigenvalue weighted by Gasteiger charge is 2.17. The fourth-order valence-electron chi connectivity index (χ4n) is 5.53. The first-order valence-corrected chi connectivity index (χ1v) is 19.1. The van der Waals surface area contributed by atoms with Gasteiger partial charge in [0.1, 0.15) is 13.2 Å². The van der Waals surface area contributed by atoms with Crippen LogP contribution in [0.1, 0.15) is 30.4 Å². The molecule has 49 heavy (non-hydrogen) atoms. The third kappa shape index (κ3) is 9.61. The van der Waals surface area contributed by atoms with Crippen LogP contribution in [0.4, 0.5) is 0 Å². The molecular weight excluding hydrogens is 642 g/mol. The van der Waals surface area contributed by atoms with Crippen LogP contribution in [-0.4, -0.2) is 11.9 Å². The van der Waals surface area contributed by atoms with Gasteiger partial charge in [0, 0.05) is 12.8 Å². The molecule has 0 aliphatic heterocycles. The summed E-state index contributed by atoms with van der Waals surface area (Å²) in [6.07, 6.45) is 0.710. The lowest BCUT2D eigenvalue weighted by atomic mass is 10.2. The maximum absolute atomic E-state index is 12.4. The van der Waals surface area contributed by atoms with Gasteiger partial charge < -0.3 is 9.47 Å². The highest BCUT2D eigenvalue weighted by molar-refractivity contribution is 7.80. The maximum Gasteiger partial charge on any atom is 0.306 e. The number of ether oxygens (including phenoxy) is 2. The summed E-state index contributed by atoms with van der Waals surface area (Å²) in [7, 11) is -1.37. The molecule has 0 aliphatic rings. The van der Waals surface area contributed by atoms with E-state index in [4.69, 9.17) is 9.47 Å². The number of hydrogen-bond donors (Lipinski definition) is 0. The first-order chi connectivity index (χ1) is 24.1. The second kappa shape index (κ2) is 17.5. The van der Waals surface area contributed by atoms with E-state index >= 15 is 0 Å². The Labute approximate surface area is 291 Å². The van der Waals surface area contributed by atoms with Crippen molar-refractivity contribution in [2.45, 2.75) is 32.5 Å². The zero-order chi connectivity index (χ0) is 33.7. The summed E-state index contributed by atoms with van der Waals surface area (Å²) in [6.45, 7) is 0.399. The predicted molar refractivity (Wildman–Crippen MR) is 204 cm³/mol. The summed E-state index contributed by atoms with van der Waals surface area (Å²) in [5, 5.41) is 7.63. The summed E-state index contributed by atoms with van der Waals surface area (Å²) in [4.78, 5) is 24.9. The molecule has 0 spiro atoms. The zero-order valence-corrected chi connectivity index (χ0v) is 29.0. The second-order valence-corrected chi connectivity index (χ2v) is 16.0. The molecule has 0 fully saturated rings. The molecule has 0 bridgehead atoms. The van der Waals surface area contributed by atoms with E-state index in [1.54, 1.807) is 0 Å². The molecule has 0 amide bonds. The van der Waals surface area contributed by atoms with E-state index < -0.39 is 15.8 Å². The molecule has 6 heteroatoms. The van der Waals surface area contributed by atoms with Gasteiger partial charge in [-0.2, -0.15) is 0 Å². The topological polar surface area (TPSA) is 52.6 Å². The van der Waals surface area contributed by atoms with Gasteiger partial charge in [0.25, 0.3) is 0 Å². The van der Waals surface area contributed by atoms with Gasteiger partial charge >= 0.3 is 11.9 Å². The smallest absolute Gasteiger partial charge is 0.306 e. The van der Waals surface area contributed by atoms with E-state index in [9.17, 15) is 9.59 Å². The minimum Gasteiger partial charge on any atom is -0.461 e. The quantitative estimate of drug-likeness (QED) is 0.0906. The summed E-state index contributed by atoms with van der Waals surface area (Å²) < 4.78 is 11.0. The monoisotopic (exact) mass is 680 g/mol. The summed E-state index contributed by atoms with van der Waals surface area (Å²) >= 11 is 0. The van der Waals surface area contributed by atoms with E-state index in [2.05, 4.69) is 121 Å². The third-order valence-electron chi connectivity index (χ3n) is 8.01. The van der Waals surface area contributed by atoms with Crippen LogP contribution in [0.5, 0.6) is 0 Å². The van der Waals surface area contributed by atoms with Crippen molar-refractivity contribution in [3.8, 4) is 0 Å². The Morgan fingerprint density at radius 1 is 0.367 bits per heavy atom. The van der Waals surface area contributed by atoms with Crippen LogP contribution in [0, 0.1) is 0 Å². The van der Waals surface area contributed by atoms with Crippen LogP contribution in [0.2, 0.25) is 0 Å². The summed E-state index contributed by atoms with van der Waals surface area (Å²) in [5.74, 6) is -0.645. The normalized spacial score (nSPS) is 11.0. The predicted octanol–water partition coefficient (Wildman–Crippen LogP) is 7.16. The standard InChI is InChI=1S/C43H38O4P2/c44-42(46-32-34-24-28-40(29-25-34)48(36-14-5-1-6-15-36)37-16-7-2-8-17-37)22-13-23-43(45)47-33-35-26-30-41(31-27-35)49(38-18-9-3-10-19-38)39-20-11-4-12-21-39/h1-12,14-21,24-31H,13,22-23,32-33H2. The van der Waals surface area contributed by atoms with Crippen molar-refractivity contribution in [2.24, 2.45) is 0 Å². The molecule has 6 rings (SSSR count). The van der Waals surface area contributed by atoms with Gasteiger partial charge in [0.2, 0.25) is 0 Å². The third-order valence-corrected chi connectivity index (χ3v) is 12.9. The zero-order valence-electron chi connectivity index (χ0n) is 27.2. The average molecular weight is 681 g/mol. The second-order valence-electron chi connectivity index (χ2n) is 11.5. The van der Waals surface area contributed by atoms with Gasteiger partial charge in [-0.3, -0.25) is 9.59 Å². The Kier molecular flexibility index (Phi) is 12.1. The van der Waals surface area contributed by atoms with Crippen molar-refractivity contribution in [1.29, 1.82) is 0 Å². The van der Waals surface area contributed by atoms with Crippen molar-refractivity contribution >= 4 is 59.6 Å². The van der Waals surface area contributed by atoms with Gasteiger partial charge in [-0.15, -0.1) is 0 Å². The Morgan fingerprint density at radius 2 is 0.633 bits per heavy atom. The largest absolute Gasteiger partial charge is 0.461 e.